The minimum atomic E-state index is 0.0652. The number of urea groups is 1. The second-order valence-corrected chi connectivity index (χ2v) is 6.32. The summed E-state index contributed by atoms with van der Waals surface area (Å²) >= 11 is 0. The lowest BCUT2D eigenvalue weighted by molar-refractivity contribution is 0.0905. The Balaban J connectivity index is 1.36. The van der Waals surface area contributed by atoms with Crippen LogP contribution in [0.5, 0.6) is 0 Å². The molecule has 6 nitrogen and oxygen atoms in total. The highest BCUT2D eigenvalue weighted by atomic mass is 16.2. The van der Waals surface area contributed by atoms with E-state index in [4.69, 9.17) is 0 Å². The number of hydrogen-bond acceptors (Lipinski definition) is 3. The minimum absolute atomic E-state index is 0.0652. The number of aromatic nitrogens is 2. The van der Waals surface area contributed by atoms with E-state index >= 15 is 0 Å². The molecule has 6 heteroatoms. The van der Waals surface area contributed by atoms with Crippen LogP contribution in [0.15, 0.2) is 18.5 Å². The van der Waals surface area contributed by atoms with Gasteiger partial charge in [-0.2, -0.15) is 5.10 Å². The molecule has 1 aliphatic heterocycles. The number of rotatable bonds is 4. The van der Waals surface area contributed by atoms with Crippen molar-refractivity contribution in [3.63, 3.8) is 0 Å². The molecule has 3 rings (SSSR count). The molecule has 1 saturated carbocycles. The van der Waals surface area contributed by atoms with Crippen molar-refractivity contribution in [2.75, 3.05) is 32.7 Å². The molecule has 2 amide bonds. The number of carbonyl (C=O) groups excluding carboxylic acids is 1. The maximum atomic E-state index is 12.2. The molecule has 1 aromatic rings. The molecule has 2 aliphatic rings. The summed E-state index contributed by atoms with van der Waals surface area (Å²) in [4.78, 5) is 16.7. The molecule has 1 N–H and O–H groups in total. The van der Waals surface area contributed by atoms with Crippen LogP contribution >= 0.6 is 0 Å². The monoisotopic (exact) mass is 305 g/mol. The van der Waals surface area contributed by atoms with Crippen molar-refractivity contribution in [2.45, 2.75) is 44.7 Å². The highest BCUT2D eigenvalue weighted by molar-refractivity contribution is 5.74. The Labute approximate surface area is 132 Å². The fourth-order valence-electron chi connectivity index (χ4n) is 3.56. The zero-order valence-corrected chi connectivity index (χ0v) is 13.3. The number of piperazine rings is 1. The van der Waals surface area contributed by atoms with Crippen LogP contribution in [0.1, 0.15) is 32.1 Å². The second-order valence-electron chi connectivity index (χ2n) is 6.32. The smallest absolute Gasteiger partial charge is 0.317 e. The molecule has 22 heavy (non-hydrogen) atoms. The number of nitrogens with one attached hydrogen (secondary N) is 1. The summed E-state index contributed by atoms with van der Waals surface area (Å²) in [5.41, 5.74) is 0. The lowest BCUT2D eigenvalue weighted by Crippen LogP contribution is -2.54. The molecular weight excluding hydrogens is 278 g/mol. The van der Waals surface area contributed by atoms with Gasteiger partial charge < -0.3 is 10.2 Å². The van der Waals surface area contributed by atoms with Crippen LogP contribution in [0.3, 0.4) is 0 Å². The predicted molar refractivity (Wildman–Crippen MR) is 85.6 cm³/mol. The first kappa shape index (κ1) is 15.3. The molecule has 0 radical (unpaired) electrons. The van der Waals surface area contributed by atoms with Gasteiger partial charge in [0.2, 0.25) is 0 Å². The Morgan fingerprint density at radius 3 is 2.59 bits per heavy atom. The fourth-order valence-corrected chi connectivity index (χ4v) is 3.56. The van der Waals surface area contributed by atoms with E-state index in [-0.39, 0.29) is 6.03 Å². The van der Waals surface area contributed by atoms with Gasteiger partial charge in [-0.1, -0.05) is 19.3 Å². The maximum Gasteiger partial charge on any atom is 0.317 e. The van der Waals surface area contributed by atoms with Crippen LogP contribution < -0.4 is 5.32 Å². The SMILES string of the molecule is O=C(NCCn1cccn1)N1CCN(C2CCCCC2)CC1. The first-order valence-corrected chi connectivity index (χ1v) is 8.57. The third-order valence-electron chi connectivity index (χ3n) is 4.87. The average Bonchev–Trinajstić information content (AvgIpc) is 3.09. The summed E-state index contributed by atoms with van der Waals surface area (Å²) in [7, 11) is 0. The molecule has 0 bridgehead atoms. The highest BCUT2D eigenvalue weighted by Gasteiger charge is 2.26. The standard InChI is InChI=1S/C16H27N5O/c22-16(17-8-10-21-9-4-7-18-21)20-13-11-19(12-14-20)15-5-2-1-3-6-15/h4,7,9,15H,1-3,5-6,8,10-14H2,(H,17,22). The third kappa shape index (κ3) is 4.00. The largest absolute Gasteiger partial charge is 0.336 e. The van der Waals surface area contributed by atoms with Crippen LogP contribution in [0.4, 0.5) is 4.79 Å². The van der Waals surface area contributed by atoms with Crippen molar-refractivity contribution in [1.82, 2.24) is 24.9 Å². The molecule has 1 saturated heterocycles. The van der Waals surface area contributed by atoms with E-state index in [1.165, 1.54) is 32.1 Å². The van der Waals surface area contributed by atoms with Crippen LogP contribution in [-0.4, -0.2) is 64.4 Å². The van der Waals surface area contributed by atoms with Crippen LogP contribution in [-0.2, 0) is 6.54 Å². The van der Waals surface area contributed by atoms with E-state index in [0.717, 1.165) is 38.8 Å². The van der Waals surface area contributed by atoms with Gasteiger partial charge in [0, 0.05) is 51.2 Å². The molecule has 122 valence electrons. The quantitative estimate of drug-likeness (QED) is 0.918. The summed E-state index contributed by atoms with van der Waals surface area (Å²) in [6.07, 6.45) is 10.5. The summed E-state index contributed by atoms with van der Waals surface area (Å²) in [5, 5.41) is 7.13. The van der Waals surface area contributed by atoms with Gasteiger partial charge in [-0.25, -0.2) is 4.79 Å². The molecular formula is C16H27N5O. The van der Waals surface area contributed by atoms with Crippen molar-refractivity contribution < 1.29 is 4.79 Å². The van der Waals surface area contributed by atoms with E-state index in [9.17, 15) is 4.79 Å². The average molecular weight is 305 g/mol. The first-order valence-electron chi connectivity index (χ1n) is 8.57. The van der Waals surface area contributed by atoms with Crippen LogP contribution in [0.25, 0.3) is 0 Å². The molecule has 1 aliphatic carbocycles. The zero-order valence-electron chi connectivity index (χ0n) is 13.3. The number of carbonyl (C=O) groups is 1. The Hall–Kier alpha value is -1.56. The van der Waals surface area contributed by atoms with E-state index < -0.39 is 0 Å². The lowest BCUT2D eigenvalue weighted by atomic mass is 9.94. The second kappa shape index (κ2) is 7.63. The number of amides is 2. The number of hydrogen-bond donors (Lipinski definition) is 1. The Morgan fingerprint density at radius 2 is 1.91 bits per heavy atom. The first-order chi connectivity index (χ1) is 10.8. The summed E-state index contributed by atoms with van der Waals surface area (Å²) in [5.74, 6) is 0. The van der Waals surface area contributed by atoms with Crippen LogP contribution in [0.2, 0.25) is 0 Å². The molecule has 1 aromatic heterocycles. The van der Waals surface area contributed by atoms with Crippen molar-refractivity contribution in [3.05, 3.63) is 18.5 Å². The molecule has 0 atom stereocenters. The molecule has 2 fully saturated rings. The van der Waals surface area contributed by atoms with Gasteiger partial charge in [0.1, 0.15) is 0 Å². The van der Waals surface area contributed by atoms with Gasteiger partial charge in [-0.15, -0.1) is 0 Å². The normalized spacial score (nSPS) is 21.0. The maximum absolute atomic E-state index is 12.2. The van der Waals surface area contributed by atoms with E-state index in [1.54, 1.807) is 6.20 Å². The van der Waals surface area contributed by atoms with Crippen molar-refractivity contribution in [3.8, 4) is 0 Å². The van der Waals surface area contributed by atoms with Gasteiger partial charge >= 0.3 is 6.03 Å². The fraction of sp³-hybridized carbons (Fsp3) is 0.750. The topological polar surface area (TPSA) is 53.4 Å². The summed E-state index contributed by atoms with van der Waals surface area (Å²) < 4.78 is 1.83. The van der Waals surface area contributed by atoms with Gasteiger partial charge in [0.05, 0.1) is 6.54 Å². The van der Waals surface area contributed by atoms with Crippen molar-refractivity contribution in [1.29, 1.82) is 0 Å². The third-order valence-corrected chi connectivity index (χ3v) is 4.87. The Bertz CT molecular complexity index is 447. The minimum Gasteiger partial charge on any atom is -0.336 e. The molecule has 0 aromatic carbocycles. The van der Waals surface area contributed by atoms with E-state index in [0.29, 0.717) is 6.54 Å². The van der Waals surface area contributed by atoms with Crippen molar-refractivity contribution >= 4 is 6.03 Å². The highest BCUT2D eigenvalue weighted by Crippen LogP contribution is 2.23. The zero-order chi connectivity index (χ0) is 15.2. The van der Waals surface area contributed by atoms with E-state index in [2.05, 4.69) is 15.3 Å². The van der Waals surface area contributed by atoms with E-state index in [1.807, 2.05) is 21.8 Å². The summed E-state index contributed by atoms with van der Waals surface area (Å²) in [6.45, 7) is 5.10. The van der Waals surface area contributed by atoms with Crippen molar-refractivity contribution in [2.24, 2.45) is 0 Å². The van der Waals surface area contributed by atoms with Gasteiger partial charge in [-0.05, 0) is 18.9 Å². The summed E-state index contributed by atoms with van der Waals surface area (Å²) in [6, 6.07) is 2.72. The number of nitrogens with zero attached hydrogens (tertiary/aromatic N) is 4. The molecule has 0 spiro atoms. The van der Waals surface area contributed by atoms with Gasteiger partial charge in [0.15, 0.2) is 0 Å². The predicted octanol–water partition coefficient (Wildman–Crippen LogP) is 1.54. The Kier molecular flexibility index (Phi) is 5.32. The Morgan fingerprint density at radius 1 is 1.14 bits per heavy atom. The van der Waals surface area contributed by atoms with Crippen LogP contribution in [0, 0.1) is 0 Å². The lowest BCUT2D eigenvalue weighted by Gasteiger charge is -2.40. The molecule has 2 heterocycles. The molecule has 0 unspecified atom stereocenters. The van der Waals surface area contributed by atoms with Gasteiger partial charge in [0.25, 0.3) is 0 Å². The van der Waals surface area contributed by atoms with Gasteiger partial charge in [-0.3, -0.25) is 9.58 Å².